The molecule has 0 heterocycles. The van der Waals surface area contributed by atoms with Crippen LogP contribution in [0, 0.1) is 5.92 Å². The standard InChI is InChI=1S/C17H26N2O3S/c1-19(13-12-18-23(2,21)22)17(20)16-10-8-15(9-11-16)14-6-4-3-5-7-14/h3-7,15-16,18H,8-13H2,1-2H3. The predicted molar refractivity (Wildman–Crippen MR) is 91.6 cm³/mol. The Morgan fingerprint density at radius 1 is 1.17 bits per heavy atom. The predicted octanol–water partition coefficient (Wildman–Crippen LogP) is 1.97. The van der Waals surface area contributed by atoms with Crippen molar-refractivity contribution < 1.29 is 13.2 Å². The highest BCUT2D eigenvalue weighted by Gasteiger charge is 2.28. The molecule has 2 rings (SSSR count). The number of hydrogen-bond acceptors (Lipinski definition) is 3. The Morgan fingerprint density at radius 2 is 1.78 bits per heavy atom. The van der Waals surface area contributed by atoms with E-state index in [4.69, 9.17) is 0 Å². The molecule has 128 valence electrons. The quantitative estimate of drug-likeness (QED) is 0.862. The highest BCUT2D eigenvalue weighted by molar-refractivity contribution is 7.88. The smallest absolute Gasteiger partial charge is 0.225 e. The molecule has 1 saturated carbocycles. The molecule has 1 aromatic carbocycles. The van der Waals surface area contributed by atoms with E-state index in [1.54, 1.807) is 11.9 Å². The van der Waals surface area contributed by atoms with E-state index >= 15 is 0 Å². The van der Waals surface area contributed by atoms with Gasteiger partial charge < -0.3 is 4.90 Å². The highest BCUT2D eigenvalue weighted by Crippen LogP contribution is 2.36. The highest BCUT2D eigenvalue weighted by atomic mass is 32.2. The molecule has 23 heavy (non-hydrogen) atoms. The largest absolute Gasteiger partial charge is 0.344 e. The Morgan fingerprint density at radius 3 is 2.35 bits per heavy atom. The Hall–Kier alpha value is -1.40. The molecule has 5 nitrogen and oxygen atoms in total. The van der Waals surface area contributed by atoms with Crippen LogP contribution in [0.4, 0.5) is 0 Å². The van der Waals surface area contributed by atoms with Crippen LogP contribution in [0.5, 0.6) is 0 Å². The molecule has 0 saturated heterocycles. The average molecular weight is 338 g/mol. The van der Waals surface area contributed by atoms with E-state index in [1.807, 2.05) is 6.07 Å². The molecule has 0 bridgehead atoms. The maximum Gasteiger partial charge on any atom is 0.225 e. The third-order valence-corrected chi connectivity index (χ3v) is 5.26. The molecular weight excluding hydrogens is 312 g/mol. The first-order valence-electron chi connectivity index (χ1n) is 8.11. The van der Waals surface area contributed by atoms with E-state index in [9.17, 15) is 13.2 Å². The van der Waals surface area contributed by atoms with Gasteiger partial charge in [0.25, 0.3) is 0 Å². The first-order valence-corrected chi connectivity index (χ1v) is 10.0. The van der Waals surface area contributed by atoms with Gasteiger partial charge in [-0.1, -0.05) is 30.3 Å². The number of likely N-dealkylation sites (N-methyl/N-ethyl adjacent to an activating group) is 1. The molecule has 1 N–H and O–H groups in total. The molecule has 0 spiro atoms. The molecule has 0 aromatic heterocycles. The summed E-state index contributed by atoms with van der Waals surface area (Å²) < 4.78 is 24.5. The van der Waals surface area contributed by atoms with Crippen molar-refractivity contribution in [3.8, 4) is 0 Å². The van der Waals surface area contributed by atoms with Crippen LogP contribution in [0.2, 0.25) is 0 Å². The summed E-state index contributed by atoms with van der Waals surface area (Å²) in [4.78, 5) is 14.1. The van der Waals surface area contributed by atoms with Crippen molar-refractivity contribution >= 4 is 15.9 Å². The van der Waals surface area contributed by atoms with Crippen molar-refractivity contribution in [2.75, 3.05) is 26.4 Å². The number of rotatable bonds is 6. The summed E-state index contributed by atoms with van der Waals surface area (Å²) in [6.07, 6.45) is 5.01. The first kappa shape index (κ1) is 17.9. The number of benzene rings is 1. The number of carbonyl (C=O) groups excluding carboxylic acids is 1. The van der Waals surface area contributed by atoms with Crippen LogP contribution >= 0.6 is 0 Å². The first-order chi connectivity index (χ1) is 10.9. The zero-order valence-electron chi connectivity index (χ0n) is 13.9. The zero-order valence-corrected chi connectivity index (χ0v) is 14.7. The van der Waals surface area contributed by atoms with Crippen LogP contribution in [0.1, 0.15) is 37.2 Å². The lowest BCUT2D eigenvalue weighted by Gasteiger charge is -2.30. The Labute approximate surface area is 139 Å². The minimum atomic E-state index is -3.20. The maximum absolute atomic E-state index is 12.4. The molecule has 6 heteroatoms. The van der Waals surface area contributed by atoms with Gasteiger partial charge in [0.2, 0.25) is 15.9 Å². The van der Waals surface area contributed by atoms with Gasteiger partial charge in [0.05, 0.1) is 6.26 Å². The van der Waals surface area contributed by atoms with Gasteiger partial charge in [-0.2, -0.15) is 0 Å². The Balaban J connectivity index is 1.79. The summed E-state index contributed by atoms with van der Waals surface area (Å²) in [7, 11) is -1.45. The molecule has 0 atom stereocenters. The summed E-state index contributed by atoms with van der Waals surface area (Å²) in [5.74, 6) is 0.752. The normalized spacial score (nSPS) is 21.8. The lowest BCUT2D eigenvalue weighted by Crippen LogP contribution is -2.39. The van der Waals surface area contributed by atoms with Gasteiger partial charge >= 0.3 is 0 Å². The molecule has 1 amide bonds. The van der Waals surface area contributed by atoms with E-state index in [1.165, 1.54) is 5.56 Å². The van der Waals surface area contributed by atoms with Gasteiger partial charge in [0.15, 0.2) is 0 Å². The third kappa shape index (κ3) is 5.62. The summed E-state index contributed by atoms with van der Waals surface area (Å²) >= 11 is 0. The van der Waals surface area contributed by atoms with E-state index in [2.05, 4.69) is 29.0 Å². The van der Waals surface area contributed by atoms with Crippen molar-refractivity contribution in [1.29, 1.82) is 0 Å². The van der Waals surface area contributed by atoms with E-state index in [0.29, 0.717) is 12.5 Å². The summed E-state index contributed by atoms with van der Waals surface area (Å²) in [6, 6.07) is 10.5. The fraction of sp³-hybridized carbons (Fsp3) is 0.588. The number of nitrogens with one attached hydrogen (secondary N) is 1. The summed E-state index contributed by atoms with van der Waals surface area (Å²) in [6.45, 7) is 0.672. The minimum Gasteiger partial charge on any atom is -0.344 e. The zero-order chi connectivity index (χ0) is 16.9. The van der Waals surface area contributed by atoms with Crippen molar-refractivity contribution in [1.82, 2.24) is 9.62 Å². The van der Waals surface area contributed by atoms with Gasteiger partial charge in [-0.3, -0.25) is 4.79 Å². The van der Waals surface area contributed by atoms with Gasteiger partial charge in [-0.15, -0.1) is 0 Å². The van der Waals surface area contributed by atoms with Crippen molar-refractivity contribution in [3.63, 3.8) is 0 Å². The van der Waals surface area contributed by atoms with E-state index in [-0.39, 0.29) is 18.4 Å². The second-order valence-electron chi connectivity index (χ2n) is 6.39. The fourth-order valence-corrected chi connectivity index (χ4v) is 3.68. The Kier molecular flexibility index (Phi) is 6.18. The number of carbonyl (C=O) groups is 1. The molecule has 1 aromatic rings. The monoisotopic (exact) mass is 338 g/mol. The number of nitrogens with zero attached hydrogens (tertiary/aromatic N) is 1. The lowest BCUT2D eigenvalue weighted by atomic mass is 9.78. The summed E-state index contributed by atoms with van der Waals surface area (Å²) in [5.41, 5.74) is 1.36. The topological polar surface area (TPSA) is 66.5 Å². The second kappa shape index (κ2) is 7.93. The molecular formula is C17H26N2O3S. The van der Waals surface area contributed by atoms with Crippen LogP contribution < -0.4 is 4.72 Å². The van der Waals surface area contributed by atoms with Crippen molar-refractivity contribution in [3.05, 3.63) is 35.9 Å². The average Bonchev–Trinajstić information content (AvgIpc) is 2.54. The second-order valence-corrected chi connectivity index (χ2v) is 8.22. The SMILES string of the molecule is CN(CCNS(C)(=O)=O)C(=O)C1CCC(c2ccccc2)CC1. The van der Waals surface area contributed by atoms with Gasteiger partial charge in [-0.25, -0.2) is 13.1 Å². The molecule has 0 aliphatic heterocycles. The van der Waals surface area contributed by atoms with Crippen LogP contribution in [0.3, 0.4) is 0 Å². The van der Waals surface area contributed by atoms with Crippen LogP contribution in [-0.4, -0.2) is 45.6 Å². The molecule has 1 aliphatic rings. The molecule has 1 fully saturated rings. The van der Waals surface area contributed by atoms with Gasteiger partial charge in [-0.05, 0) is 37.2 Å². The lowest BCUT2D eigenvalue weighted by molar-refractivity contribution is -0.135. The van der Waals surface area contributed by atoms with E-state index < -0.39 is 10.0 Å². The fourth-order valence-electron chi connectivity index (χ4n) is 3.22. The van der Waals surface area contributed by atoms with E-state index in [0.717, 1.165) is 31.9 Å². The number of hydrogen-bond donors (Lipinski definition) is 1. The van der Waals surface area contributed by atoms with Crippen LogP contribution in [0.25, 0.3) is 0 Å². The number of sulfonamides is 1. The molecule has 0 unspecified atom stereocenters. The van der Waals surface area contributed by atoms with Crippen molar-refractivity contribution in [2.24, 2.45) is 5.92 Å². The third-order valence-electron chi connectivity index (χ3n) is 4.54. The molecule has 1 aliphatic carbocycles. The maximum atomic E-state index is 12.4. The van der Waals surface area contributed by atoms with Gasteiger partial charge in [0, 0.05) is 26.1 Å². The number of amides is 1. The minimum absolute atomic E-state index is 0.0678. The van der Waals surface area contributed by atoms with Crippen LogP contribution in [-0.2, 0) is 14.8 Å². The summed E-state index contributed by atoms with van der Waals surface area (Å²) in [5, 5.41) is 0. The Bertz CT molecular complexity index is 608. The van der Waals surface area contributed by atoms with Crippen molar-refractivity contribution in [2.45, 2.75) is 31.6 Å². The van der Waals surface area contributed by atoms with Gasteiger partial charge in [0.1, 0.15) is 0 Å². The van der Waals surface area contributed by atoms with Crippen LogP contribution in [0.15, 0.2) is 30.3 Å². The molecule has 0 radical (unpaired) electrons.